The van der Waals surface area contributed by atoms with E-state index in [0.717, 1.165) is 0 Å². The van der Waals surface area contributed by atoms with Gasteiger partial charge in [-0.15, -0.1) is 0 Å². The molecule has 0 bridgehead atoms. The smallest absolute Gasteiger partial charge is 0.263 e. The summed E-state index contributed by atoms with van der Waals surface area (Å²) >= 11 is 0. The van der Waals surface area contributed by atoms with Crippen LogP contribution >= 0.6 is 0 Å². The molecule has 0 radical (unpaired) electrons. The molecule has 0 unspecified atom stereocenters. The lowest BCUT2D eigenvalue weighted by Gasteiger charge is -2.11. The van der Waals surface area contributed by atoms with Gasteiger partial charge in [0, 0.05) is 17.6 Å². The molecular formula is C14H13N3O4S. The van der Waals surface area contributed by atoms with Gasteiger partial charge in [-0.3, -0.25) is 9.71 Å². The van der Waals surface area contributed by atoms with Crippen molar-refractivity contribution in [2.45, 2.75) is 11.8 Å². The fourth-order valence-electron chi connectivity index (χ4n) is 2.08. The summed E-state index contributed by atoms with van der Waals surface area (Å²) in [5.41, 5.74) is 0.493. The van der Waals surface area contributed by atoms with Crippen molar-refractivity contribution in [1.82, 2.24) is 10.1 Å². The van der Waals surface area contributed by atoms with Crippen molar-refractivity contribution in [3.63, 3.8) is 0 Å². The summed E-state index contributed by atoms with van der Waals surface area (Å²) in [5.74, 6) is 0.657. The molecule has 0 saturated carbocycles. The number of fused-ring (bicyclic) bond motifs is 1. The van der Waals surface area contributed by atoms with Crippen LogP contribution in [0.3, 0.4) is 0 Å². The van der Waals surface area contributed by atoms with Crippen molar-refractivity contribution in [3.05, 3.63) is 42.8 Å². The number of hydrogen-bond donors (Lipinski definition) is 1. The third kappa shape index (κ3) is 2.60. The van der Waals surface area contributed by atoms with E-state index in [-0.39, 0.29) is 10.7 Å². The van der Waals surface area contributed by atoms with Gasteiger partial charge in [-0.1, -0.05) is 5.16 Å². The third-order valence-electron chi connectivity index (χ3n) is 2.96. The van der Waals surface area contributed by atoms with Gasteiger partial charge in [0.2, 0.25) is 0 Å². The van der Waals surface area contributed by atoms with E-state index in [9.17, 15) is 8.42 Å². The highest BCUT2D eigenvalue weighted by molar-refractivity contribution is 7.93. The molecule has 0 aliphatic heterocycles. The van der Waals surface area contributed by atoms with Crippen LogP contribution in [0.1, 0.15) is 6.92 Å². The maximum Gasteiger partial charge on any atom is 0.263 e. The minimum atomic E-state index is -3.81. The minimum Gasteiger partial charge on any atom is -0.492 e. The Kier molecular flexibility index (Phi) is 3.68. The first-order valence-electron chi connectivity index (χ1n) is 6.55. The molecule has 1 N–H and O–H groups in total. The van der Waals surface area contributed by atoms with Crippen LogP contribution in [0.25, 0.3) is 10.9 Å². The van der Waals surface area contributed by atoms with Crippen LogP contribution in [0.4, 0.5) is 5.82 Å². The molecule has 114 valence electrons. The molecule has 0 spiro atoms. The van der Waals surface area contributed by atoms with Crippen LogP contribution in [-0.2, 0) is 10.0 Å². The fourth-order valence-corrected chi connectivity index (χ4v) is 3.28. The first-order chi connectivity index (χ1) is 10.6. The molecule has 0 fully saturated rings. The monoisotopic (exact) mass is 319 g/mol. The zero-order valence-electron chi connectivity index (χ0n) is 11.7. The minimum absolute atomic E-state index is 0.0991. The van der Waals surface area contributed by atoms with Crippen LogP contribution in [-0.4, -0.2) is 25.2 Å². The maximum atomic E-state index is 12.5. The highest BCUT2D eigenvalue weighted by Gasteiger charge is 2.20. The Balaban J connectivity index is 2.13. The van der Waals surface area contributed by atoms with Crippen LogP contribution in [0.15, 0.2) is 52.2 Å². The zero-order valence-corrected chi connectivity index (χ0v) is 12.5. The molecule has 22 heavy (non-hydrogen) atoms. The van der Waals surface area contributed by atoms with Crippen molar-refractivity contribution < 1.29 is 17.7 Å². The molecule has 0 saturated heterocycles. The van der Waals surface area contributed by atoms with Crippen LogP contribution in [0.2, 0.25) is 0 Å². The van der Waals surface area contributed by atoms with Gasteiger partial charge in [-0.25, -0.2) is 8.42 Å². The number of rotatable bonds is 5. The number of nitrogens with zero attached hydrogens (tertiary/aromatic N) is 2. The van der Waals surface area contributed by atoms with E-state index in [2.05, 4.69) is 19.4 Å². The number of benzene rings is 1. The van der Waals surface area contributed by atoms with E-state index in [0.29, 0.717) is 23.3 Å². The first kappa shape index (κ1) is 14.3. The summed E-state index contributed by atoms with van der Waals surface area (Å²) in [4.78, 5) is 4.32. The summed E-state index contributed by atoms with van der Waals surface area (Å²) in [7, 11) is -3.81. The normalized spacial score (nSPS) is 11.5. The molecule has 3 aromatic rings. The summed E-state index contributed by atoms with van der Waals surface area (Å²) in [6.07, 6.45) is 2.88. The number of anilines is 1. The molecule has 3 rings (SSSR count). The van der Waals surface area contributed by atoms with Crippen molar-refractivity contribution in [3.8, 4) is 5.75 Å². The molecular weight excluding hydrogens is 306 g/mol. The van der Waals surface area contributed by atoms with Gasteiger partial charge in [0.15, 0.2) is 5.82 Å². The largest absolute Gasteiger partial charge is 0.492 e. The first-order valence-corrected chi connectivity index (χ1v) is 8.04. The third-order valence-corrected chi connectivity index (χ3v) is 4.37. The van der Waals surface area contributed by atoms with Crippen molar-refractivity contribution >= 4 is 26.7 Å². The predicted octanol–water partition coefficient (Wildman–Crippen LogP) is 2.42. The molecule has 7 nitrogen and oxygen atoms in total. The van der Waals surface area contributed by atoms with E-state index < -0.39 is 10.0 Å². The summed E-state index contributed by atoms with van der Waals surface area (Å²) in [6.45, 7) is 2.32. The van der Waals surface area contributed by atoms with Gasteiger partial charge in [-0.2, -0.15) is 0 Å². The SMILES string of the molecule is CCOc1ccc(S(=O)(=O)Nc2ccon2)c2cccnc12. The van der Waals surface area contributed by atoms with E-state index in [4.69, 9.17) is 4.74 Å². The van der Waals surface area contributed by atoms with Crippen molar-refractivity contribution in [2.24, 2.45) is 0 Å². The Morgan fingerprint density at radius 1 is 1.27 bits per heavy atom. The van der Waals surface area contributed by atoms with Gasteiger partial charge in [0.1, 0.15) is 17.5 Å². The summed E-state index contributed by atoms with van der Waals surface area (Å²) in [5, 5.41) is 4.02. The molecule has 0 aliphatic rings. The number of aromatic nitrogens is 2. The molecule has 2 heterocycles. The Labute approximate surface area is 127 Å². The predicted molar refractivity (Wildman–Crippen MR) is 80.2 cm³/mol. The Hall–Kier alpha value is -2.61. The summed E-state index contributed by atoms with van der Waals surface area (Å²) in [6, 6.07) is 7.86. The van der Waals surface area contributed by atoms with Crippen molar-refractivity contribution in [1.29, 1.82) is 0 Å². The van der Waals surface area contributed by atoms with Gasteiger partial charge in [0.25, 0.3) is 10.0 Å². The Morgan fingerprint density at radius 3 is 2.86 bits per heavy atom. The second kappa shape index (κ2) is 5.64. The van der Waals surface area contributed by atoms with Gasteiger partial charge < -0.3 is 9.26 Å². The summed E-state index contributed by atoms with van der Waals surface area (Å²) < 4.78 is 37.5. The highest BCUT2D eigenvalue weighted by Crippen LogP contribution is 2.30. The lowest BCUT2D eigenvalue weighted by Crippen LogP contribution is -2.14. The van der Waals surface area contributed by atoms with E-state index in [1.54, 1.807) is 24.4 Å². The fraction of sp³-hybridized carbons (Fsp3) is 0.143. The number of ether oxygens (including phenoxy) is 1. The quantitative estimate of drug-likeness (QED) is 0.776. The number of sulfonamides is 1. The van der Waals surface area contributed by atoms with Crippen LogP contribution in [0, 0.1) is 0 Å². The van der Waals surface area contributed by atoms with Gasteiger partial charge in [-0.05, 0) is 31.2 Å². The van der Waals surface area contributed by atoms with E-state index in [1.165, 1.54) is 18.4 Å². The standard InChI is InChI=1S/C14H13N3O4S/c1-2-20-11-5-6-12(10-4-3-8-15-14(10)11)22(18,19)17-13-7-9-21-16-13/h3-9H,2H2,1H3,(H,16,17). The lowest BCUT2D eigenvalue weighted by molar-refractivity contribution is 0.343. The van der Waals surface area contributed by atoms with Crippen LogP contribution in [0.5, 0.6) is 5.75 Å². The zero-order chi connectivity index (χ0) is 15.6. The number of hydrogen-bond acceptors (Lipinski definition) is 6. The average Bonchev–Trinajstić information content (AvgIpc) is 3.00. The van der Waals surface area contributed by atoms with Crippen molar-refractivity contribution in [2.75, 3.05) is 11.3 Å². The second-order valence-corrected chi connectivity index (χ2v) is 6.04. The average molecular weight is 319 g/mol. The second-order valence-electron chi connectivity index (χ2n) is 4.38. The topological polar surface area (TPSA) is 94.3 Å². The van der Waals surface area contributed by atoms with Gasteiger partial charge >= 0.3 is 0 Å². The van der Waals surface area contributed by atoms with Crippen LogP contribution < -0.4 is 9.46 Å². The van der Waals surface area contributed by atoms with Gasteiger partial charge in [0.05, 0.1) is 11.5 Å². The Morgan fingerprint density at radius 2 is 2.14 bits per heavy atom. The highest BCUT2D eigenvalue weighted by atomic mass is 32.2. The molecule has 0 amide bonds. The number of nitrogens with one attached hydrogen (secondary N) is 1. The maximum absolute atomic E-state index is 12.5. The lowest BCUT2D eigenvalue weighted by atomic mass is 10.2. The van der Waals surface area contributed by atoms with E-state index in [1.807, 2.05) is 6.92 Å². The molecule has 0 atom stereocenters. The number of pyridine rings is 1. The molecule has 2 aromatic heterocycles. The molecule has 0 aliphatic carbocycles. The van der Waals surface area contributed by atoms with E-state index >= 15 is 0 Å². The Bertz CT molecular complexity index is 892. The molecule has 8 heteroatoms. The molecule has 1 aromatic carbocycles.